The SMILES string of the molecule is [N-]=[N+]=Nc1ccc(/C=C/C2CCCC(/C=C/c3ccc(N=[N+]=[N-])cc3)C2=O)cc1. The highest BCUT2D eigenvalue weighted by Crippen LogP contribution is 2.29. The van der Waals surface area contributed by atoms with Crippen molar-refractivity contribution in [2.45, 2.75) is 19.3 Å². The second-order valence-electron chi connectivity index (χ2n) is 6.83. The highest BCUT2D eigenvalue weighted by molar-refractivity contribution is 5.88. The molecule has 0 heterocycles. The van der Waals surface area contributed by atoms with Crippen LogP contribution < -0.4 is 0 Å². The van der Waals surface area contributed by atoms with Crippen molar-refractivity contribution < 1.29 is 4.79 Å². The number of hydrogen-bond acceptors (Lipinski definition) is 3. The molecule has 0 amide bonds. The van der Waals surface area contributed by atoms with Gasteiger partial charge in [0, 0.05) is 33.0 Å². The van der Waals surface area contributed by atoms with Crippen LogP contribution in [0.15, 0.2) is 70.9 Å². The molecule has 1 saturated carbocycles. The minimum atomic E-state index is -0.0949. The second-order valence-corrected chi connectivity index (χ2v) is 6.83. The molecular formula is C22H20N6O. The Morgan fingerprint density at radius 3 is 1.55 bits per heavy atom. The number of carbonyl (C=O) groups is 1. The summed E-state index contributed by atoms with van der Waals surface area (Å²) in [4.78, 5) is 18.4. The van der Waals surface area contributed by atoms with Gasteiger partial charge in [-0.3, -0.25) is 4.79 Å². The molecule has 7 heteroatoms. The molecule has 0 saturated heterocycles. The Balaban J connectivity index is 1.64. The summed E-state index contributed by atoms with van der Waals surface area (Å²) in [6, 6.07) is 14.5. The molecule has 0 spiro atoms. The lowest BCUT2D eigenvalue weighted by molar-refractivity contribution is -0.125. The Hall–Kier alpha value is -3.79. The number of hydrogen-bond donors (Lipinski definition) is 0. The molecule has 0 radical (unpaired) electrons. The van der Waals surface area contributed by atoms with E-state index in [9.17, 15) is 4.79 Å². The lowest BCUT2D eigenvalue weighted by Crippen LogP contribution is -2.25. The first-order chi connectivity index (χ1) is 14.2. The molecule has 0 aliphatic heterocycles. The minimum Gasteiger partial charge on any atom is -0.298 e. The summed E-state index contributed by atoms with van der Waals surface area (Å²) in [5.74, 6) is 0.0465. The van der Waals surface area contributed by atoms with Crippen molar-refractivity contribution in [2.24, 2.45) is 22.1 Å². The van der Waals surface area contributed by atoms with Crippen LogP contribution in [-0.4, -0.2) is 5.78 Å². The first-order valence-corrected chi connectivity index (χ1v) is 9.40. The van der Waals surface area contributed by atoms with Gasteiger partial charge in [-0.2, -0.15) is 0 Å². The van der Waals surface area contributed by atoms with Gasteiger partial charge in [0.1, 0.15) is 5.78 Å². The minimum absolute atomic E-state index is 0.0949. The van der Waals surface area contributed by atoms with E-state index in [1.165, 1.54) is 0 Å². The van der Waals surface area contributed by atoms with Crippen LogP contribution in [0.3, 0.4) is 0 Å². The Morgan fingerprint density at radius 1 is 0.759 bits per heavy atom. The lowest BCUT2D eigenvalue weighted by Gasteiger charge is -2.23. The average Bonchev–Trinajstić information content (AvgIpc) is 2.75. The maximum Gasteiger partial charge on any atom is 0.146 e. The molecular weight excluding hydrogens is 364 g/mol. The van der Waals surface area contributed by atoms with Crippen LogP contribution in [0.5, 0.6) is 0 Å². The van der Waals surface area contributed by atoms with Crippen molar-refractivity contribution in [1.29, 1.82) is 0 Å². The number of benzene rings is 2. The number of nitrogens with zero attached hydrogens (tertiary/aromatic N) is 6. The molecule has 0 aromatic heterocycles. The quantitative estimate of drug-likeness (QED) is 0.290. The van der Waals surface area contributed by atoms with E-state index in [-0.39, 0.29) is 17.6 Å². The molecule has 1 fully saturated rings. The zero-order valence-corrected chi connectivity index (χ0v) is 15.8. The van der Waals surface area contributed by atoms with E-state index in [4.69, 9.17) is 11.1 Å². The molecule has 1 aliphatic rings. The van der Waals surface area contributed by atoms with Crippen molar-refractivity contribution >= 4 is 29.3 Å². The van der Waals surface area contributed by atoms with Gasteiger partial charge in [0.25, 0.3) is 0 Å². The van der Waals surface area contributed by atoms with Gasteiger partial charge in [0.2, 0.25) is 0 Å². The Kier molecular flexibility index (Phi) is 6.85. The van der Waals surface area contributed by atoms with Crippen LogP contribution in [0.25, 0.3) is 33.0 Å². The molecule has 2 atom stereocenters. The fraction of sp³-hybridized carbons (Fsp3) is 0.227. The highest BCUT2D eigenvalue weighted by Gasteiger charge is 2.27. The van der Waals surface area contributed by atoms with Crippen LogP contribution in [0.4, 0.5) is 11.4 Å². The second kappa shape index (κ2) is 9.95. The summed E-state index contributed by atoms with van der Waals surface area (Å²) in [5.41, 5.74) is 20.0. The van der Waals surface area contributed by atoms with Crippen molar-refractivity contribution in [2.75, 3.05) is 0 Å². The summed E-state index contributed by atoms with van der Waals surface area (Å²) in [7, 11) is 0. The lowest BCUT2D eigenvalue weighted by atomic mass is 9.79. The van der Waals surface area contributed by atoms with E-state index in [1.807, 2.05) is 48.6 Å². The largest absolute Gasteiger partial charge is 0.298 e. The molecule has 144 valence electrons. The molecule has 2 aromatic carbocycles. The van der Waals surface area contributed by atoms with Gasteiger partial charge in [0.05, 0.1) is 0 Å². The van der Waals surface area contributed by atoms with Crippen LogP contribution in [-0.2, 0) is 4.79 Å². The van der Waals surface area contributed by atoms with Gasteiger partial charge in [-0.05, 0) is 35.0 Å². The van der Waals surface area contributed by atoms with Gasteiger partial charge < -0.3 is 0 Å². The molecule has 3 rings (SSSR count). The topological polar surface area (TPSA) is 115 Å². The summed E-state index contributed by atoms with van der Waals surface area (Å²) in [6.07, 6.45) is 10.6. The third-order valence-electron chi connectivity index (χ3n) is 4.91. The van der Waals surface area contributed by atoms with Crippen molar-refractivity contribution in [3.8, 4) is 0 Å². The van der Waals surface area contributed by atoms with E-state index in [2.05, 4.69) is 20.1 Å². The fourth-order valence-corrected chi connectivity index (χ4v) is 3.36. The monoisotopic (exact) mass is 384 g/mol. The number of carbonyl (C=O) groups excluding carboxylic acids is 1. The predicted molar refractivity (Wildman–Crippen MR) is 114 cm³/mol. The molecule has 2 aromatic rings. The zero-order chi connectivity index (χ0) is 20.5. The molecule has 0 bridgehead atoms. The van der Waals surface area contributed by atoms with E-state index in [1.54, 1.807) is 24.3 Å². The Morgan fingerprint density at radius 2 is 1.17 bits per heavy atom. The van der Waals surface area contributed by atoms with Gasteiger partial charge in [-0.25, -0.2) is 0 Å². The zero-order valence-electron chi connectivity index (χ0n) is 15.8. The summed E-state index contributed by atoms with van der Waals surface area (Å²) in [6.45, 7) is 0. The smallest absolute Gasteiger partial charge is 0.146 e. The van der Waals surface area contributed by atoms with Crippen LogP contribution >= 0.6 is 0 Å². The number of azide groups is 2. The van der Waals surface area contributed by atoms with Crippen molar-refractivity contribution in [3.63, 3.8) is 0 Å². The number of rotatable bonds is 6. The number of allylic oxidation sites excluding steroid dienone is 2. The van der Waals surface area contributed by atoms with Gasteiger partial charge in [-0.15, -0.1) is 0 Å². The average molecular weight is 384 g/mol. The molecule has 2 unspecified atom stereocenters. The van der Waals surface area contributed by atoms with Crippen molar-refractivity contribution in [1.82, 2.24) is 0 Å². The standard InChI is InChI=1S/C22H20N6O/c23-27-25-20-12-6-16(7-13-20)4-10-18-2-1-3-19(22(18)29)11-5-17-8-14-21(15-9-17)26-28-24/h4-15,18-19H,1-3H2/b10-4+,11-5+. The van der Waals surface area contributed by atoms with E-state index < -0.39 is 0 Å². The Labute approximate surface area is 168 Å². The van der Waals surface area contributed by atoms with Gasteiger partial charge in [0.15, 0.2) is 0 Å². The van der Waals surface area contributed by atoms with Crippen LogP contribution in [0.2, 0.25) is 0 Å². The van der Waals surface area contributed by atoms with E-state index >= 15 is 0 Å². The van der Waals surface area contributed by atoms with E-state index in [0.717, 1.165) is 30.4 Å². The number of Topliss-reactive ketones (excluding diaryl/α,β-unsaturated/α-hetero) is 1. The normalized spacial score (nSPS) is 19.1. The molecule has 7 nitrogen and oxygen atoms in total. The first kappa shape index (κ1) is 20.0. The first-order valence-electron chi connectivity index (χ1n) is 9.40. The predicted octanol–water partition coefficient (Wildman–Crippen LogP) is 7.28. The summed E-state index contributed by atoms with van der Waals surface area (Å²) < 4.78 is 0. The Bertz CT molecular complexity index is 929. The third-order valence-corrected chi connectivity index (χ3v) is 4.91. The molecule has 1 aliphatic carbocycles. The summed E-state index contributed by atoms with van der Waals surface area (Å²) in [5, 5.41) is 7.11. The summed E-state index contributed by atoms with van der Waals surface area (Å²) >= 11 is 0. The number of ketones is 1. The molecule has 29 heavy (non-hydrogen) atoms. The maximum atomic E-state index is 12.8. The van der Waals surface area contributed by atoms with Gasteiger partial charge >= 0.3 is 0 Å². The van der Waals surface area contributed by atoms with Crippen LogP contribution in [0, 0.1) is 11.8 Å². The highest BCUT2D eigenvalue weighted by atomic mass is 16.1. The maximum absolute atomic E-state index is 12.8. The van der Waals surface area contributed by atoms with E-state index in [0.29, 0.717) is 11.4 Å². The van der Waals surface area contributed by atoms with Crippen LogP contribution in [0.1, 0.15) is 30.4 Å². The third kappa shape index (κ3) is 5.59. The molecule has 0 N–H and O–H groups in total. The van der Waals surface area contributed by atoms with Crippen molar-refractivity contribution in [3.05, 3.63) is 92.7 Å². The fourth-order valence-electron chi connectivity index (χ4n) is 3.36. The van der Waals surface area contributed by atoms with Gasteiger partial charge in [-0.1, -0.05) is 89.5 Å².